The second-order valence-electron chi connectivity index (χ2n) is 5.87. The third kappa shape index (κ3) is 2.68. The van der Waals surface area contributed by atoms with Crippen molar-refractivity contribution in [1.29, 1.82) is 0 Å². The molecule has 2 aromatic heterocycles. The van der Waals surface area contributed by atoms with Crippen LogP contribution in [0.5, 0.6) is 0 Å². The molecule has 4 rings (SSSR count). The number of fused-ring (bicyclic) bond motifs is 1. The van der Waals surface area contributed by atoms with Crippen LogP contribution in [0.2, 0.25) is 5.15 Å². The van der Waals surface area contributed by atoms with Crippen molar-refractivity contribution in [2.75, 3.05) is 5.32 Å². The van der Waals surface area contributed by atoms with Gasteiger partial charge in [0, 0.05) is 18.1 Å². The van der Waals surface area contributed by atoms with Crippen LogP contribution in [-0.4, -0.2) is 20.5 Å². The number of nitrogens with zero attached hydrogens (tertiary/aromatic N) is 3. The fourth-order valence-corrected chi connectivity index (χ4v) is 3.12. The predicted octanol–water partition coefficient (Wildman–Crippen LogP) is 3.43. The van der Waals surface area contributed by atoms with E-state index in [9.17, 15) is 4.79 Å². The summed E-state index contributed by atoms with van der Waals surface area (Å²) in [4.78, 5) is 16.8. The average Bonchev–Trinajstić information content (AvgIpc) is 3.24. The Kier molecular flexibility index (Phi) is 3.31. The van der Waals surface area contributed by atoms with Gasteiger partial charge in [0.15, 0.2) is 5.65 Å². The molecule has 1 aromatic carbocycles. The second kappa shape index (κ2) is 5.35. The lowest BCUT2D eigenvalue weighted by atomic mass is 10.1. The number of benzene rings is 1. The van der Waals surface area contributed by atoms with Gasteiger partial charge in [0.1, 0.15) is 11.0 Å². The topological polar surface area (TPSA) is 59.3 Å². The third-order valence-corrected chi connectivity index (χ3v) is 4.38. The summed E-state index contributed by atoms with van der Waals surface area (Å²) >= 11 is 6.19. The molecule has 1 fully saturated rings. The molecular formula is C17H15ClN4O. The molecule has 2 atom stereocenters. The zero-order chi connectivity index (χ0) is 16.0. The summed E-state index contributed by atoms with van der Waals surface area (Å²) in [6.45, 7) is 1.87. The van der Waals surface area contributed by atoms with E-state index < -0.39 is 0 Å². The van der Waals surface area contributed by atoms with Crippen LogP contribution in [0, 0.1) is 12.8 Å². The van der Waals surface area contributed by atoms with E-state index in [0.29, 0.717) is 22.5 Å². The molecule has 2 heterocycles. The summed E-state index contributed by atoms with van der Waals surface area (Å²) in [6, 6.07) is 13.6. The molecule has 116 valence electrons. The standard InChI is InChI=1S/C17H15ClN4O/c1-10-7-16-19-15(9-14(18)22(16)21-10)20-17(23)13-8-12(13)11-5-3-2-4-6-11/h2-7,9,12-13H,8H2,1H3,(H,19,20,23). The van der Waals surface area contributed by atoms with E-state index in [2.05, 4.69) is 27.5 Å². The van der Waals surface area contributed by atoms with Gasteiger partial charge in [0.05, 0.1) is 5.69 Å². The highest BCUT2D eigenvalue weighted by molar-refractivity contribution is 6.30. The minimum Gasteiger partial charge on any atom is -0.310 e. The zero-order valence-electron chi connectivity index (χ0n) is 12.5. The van der Waals surface area contributed by atoms with Gasteiger partial charge in [-0.1, -0.05) is 41.9 Å². The molecular weight excluding hydrogens is 312 g/mol. The van der Waals surface area contributed by atoms with Crippen LogP contribution >= 0.6 is 11.6 Å². The highest BCUT2D eigenvalue weighted by atomic mass is 35.5. The SMILES string of the molecule is Cc1cc2nc(NC(=O)C3CC3c3ccccc3)cc(Cl)n2n1. The van der Waals surface area contributed by atoms with Gasteiger partial charge in [-0.2, -0.15) is 5.10 Å². The number of halogens is 1. The Morgan fingerprint density at radius 1 is 1.30 bits per heavy atom. The van der Waals surface area contributed by atoms with Gasteiger partial charge in [-0.15, -0.1) is 0 Å². The summed E-state index contributed by atoms with van der Waals surface area (Å²) in [7, 11) is 0. The van der Waals surface area contributed by atoms with E-state index in [4.69, 9.17) is 11.6 Å². The van der Waals surface area contributed by atoms with Gasteiger partial charge in [0.25, 0.3) is 0 Å². The normalized spacial score (nSPS) is 19.7. The number of carbonyl (C=O) groups excluding carboxylic acids is 1. The molecule has 0 aliphatic heterocycles. The van der Waals surface area contributed by atoms with Crippen LogP contribution in [0.4, 0.5) is 5.82 Å². The molecule has 0 radical (unpaired) electrons. The first-order valence-electron chi connectivity index (χ1n) is 7.50. The van der Waals surface area contributed by atoms with Crippen molar-refractivity contribution < 1.29 is 4.79 Å². The summed E-state index contributed by atoms with van der Waals surface area (Å²) in [5.41, 5.74) is 2.66. The molecule has 1 amide bonds. The van der Waals surface area contributed by atoms with Gasteiger partial charge in [-0.3, -0.25) is 4.79 Å². The van der Waals surface area contributed by atoms with Crippen molar-refractivity contribution in [3.05, 3.63) is 58.9 Å². The Bertz CT molecular complexity index is 890. The van der Waals surface area contributed by atoms with Crippen LogP contribution in [0.3, 0.4) is 0 Å². The maximum atomic E-state index is 12.4. The van der Waals surface area contributed by atoms with Crippen LogP contribution in [0.1, 0.15) is 23.6 Å². The Labute approximate surface area is 138 Å². The minimum atomic E-state index is -0.0111. The molecule has 0 spiro atoms. The number of carbonyl (C=O) groups is 1. The number of aryl methyl sites for hydroxylation is 1. The minimum absolute atomic E-state index is 0.000786. The highest BCUT2D eigenvalue weighted by Gasteiger charge is 2.43. The largest absolute Gasteiger partial charge is 0.310 e. The number of hydrogen-bond acceptors (Lipinski definition) is 3. The first kappa shape index (κ1) is 14.2. The summed E-state index contributed by atoms with van der Waals surface area (Å²) < 4.78 is 1.55. The van der Waals surface area contributed by atoms with Crippen LogP contribution in [0.25, 0.3) is 5.65 Å². The van der Waals surface area contributed by atoms with Gasteiger partial charge < -0.3 is 5.32 Å². The zero-order valence-corrected chi connectivity index (χ0v) is 13.3. The van der Waals surface area contributed by atoms with Gasteiger partial charge in [-0.05, 0) is 24.8 Å². The van der Waals surface area contributed by atoms with E-state index in [1.807, 2.05) is 31.2 Å². The third-order valence-electron chi connectivity index (χ3n) is 4.11. The summed E-state index contributed by atoms with van der Waals surface area (Å²) in [5.74, 6) is 0.752. The van der Waals surface area contributed by atoms with Gasteiger partial charge >= 0.3 is 0 Å². The number of aromatic nitrogens is 3. The van der Waals surface area contributed by atoms with E-state index in [1.54, 1.807) is 10.6 Å². The first-order valence-corrected chi connectivity index (χ1v) is 7.88. The van der Waals surface area contributed by atoms with Crippen molar-refractivity contribution in [1.82, 2.24) is 14.6 Å². The quantitative estimate of drug-likeness (QED) is 0.750. The lowest BCUT2D eigenvalue weighted by Crippen LogP contribution is -2.16. The molecule has 3 aromatic rings. The molecule has 2 unspecified atom stereocenters. The van der Waals surface area contributed by atoms with E-state index in [1.165, 1.54) is 5.56 Å². The lowest BCUT2D eigenvalue weighted by molar-refractivity contribution is -0.117. The number of hydrogen-bond donors (Lipinski definition) is 1. The van der Waals surface area contributed by atoms with E-state index in [-0.39, 0.29) is 11.8 Å². The van der Waals surface area contributed by atoms with E-state index in [0.717, 1.165) is 12.1 Å². The Morgan fingerprint density at radius 3 is 2.87 bits per heavy atom. The Balaban J connectivity index is 1.51. The van der Waals surface area contributed by atoms with Crippen molar-refractivity contribution in [3.63, 3.8) is 0 Å². The number of rotatable bonds is 3. The molecule has 0 bridgehead atoms. The maximum Gasteiger partial charge on any atom is 0.229 e. The predicted molar refractivity (Wildman–Crippen MR) is 88.7 cm³/mol. The van der Waals surface area contributed by atoms with Crippen molar-refractivity contribution in [2.24, 2.45) is 5.92 Å². The van der Waals surface area contributed by atoms with Gasteiger partial charge in [0.2, 0.25) is 5.91 Å². The Morgan fingerprint density at radius 2 is 2.09 bits per heavy atom. The monoisotopic (exact) mass is 326 g/mol. The first-order chi connectivity index (χ1) is 11.1. The van der Waals surface area contributed by atoms with Gasteiger partial charge in [-0.25, -0.2) is 9.50 Å². The number of amides is 1. The summed E-state index contributed by atoms with van der Waals surface area (Å²) in [6.07, 6.45) is 0.873. The maximum absolute atomic E-state index is 12.4. The molecule has 23 heavy (non-hydrogen) atoms. The highest BCUT2D eigenvalue weighted by Crippen LogP contribution is 2.47. The second-order valence-corrected chi connectivity index (χ2v) is 6.26. The van der Waals surface area contributed by atoms with Crippen molar-refractivity contribution in [3.8, 4) is 0 Å². The van der Waals surface area contributed by atoms with Crippen molar-refractivity contribution >= 4 is 29.0 Å². The summed E-state index contributed by atoms with van der Waals surface area (Å²) in [5, 5.41) is 7.54. The molecule has 6 heteroatoms. The lowest BCUT2D eigenvalue weighted by Gasteiger charge is -2.06. The van der Waals surface area contributed by atoms with E-state index >= 15 is 0 Å². The number of nitrogens with one attached hydrogen (secondary N) is 1. The van der Waals surface area contributed by atoms with Crippen LogP contribution in [0.15, 0.2) is 42.5 Å². The van der Waals surface area contributed by atoms with Crippen molar-refractivity contribution in [2.45, 2.75) is 19.3 Å². The molecule has 1 aliphatic carbocycles. The average molecular weight is 327 g/mol. The number of anilines is 1. The smallest absolute Gasteiger partial charge is 0.229 e. The fourth-order valence-electron chi connectivity index (χ4n) is 2.89. The molecule has 1 aliphatic rings. The fraction of sp³-hybridized carbons (Fsp3) is 0.235. The molecule has 0 saturated heterocycles. The molecule has 1 saturated carbocycles. The Hall–Kier alpha value is -2.40. The molecule has 5 nitrogen and oxygen atoms in total. The molecule has 1 N–H and O–H groups in total. The van der Waals surface area contributed by atoms with Crippen LogP contribution in [-0.2, 0) is 4.79 Å². The van der Waals surface area contributed by atoms with Crippen LogP contribution < -0.4 is 5.32 Å².